The maximum absolute atomic E-state index is 6.02. The van der Waals surface area contributed by atoms with Crippen molar-refractivity contribution in [1.82, 2.24) is 0 Å². The molecule has 17 heavy (non-hydrogen) atoms. The minimum atomic E-state index is -0.250. The first-order valence-corrected chi connectivity index (χ1v) is 6.23. The lowest BCUT2D eigenvalue weighted by molar-refractivity contribution is -0.116. The zero-order valence-corrected chi connectivity index (χ0v) is 11.6. The summed E-state index contributed by atoms with van der Waals surface area (Å²) in [7, 11) is 3.22. The quantitative estimate of drug-likeness (QED) is 0.558. The first kappa shape index (κ1) is 13.3. The Kier molecular flexibility index (Phi) is 3.32. The first-order chi connectivity index (χ1) is 7.82. The summed E-state index contributed by atoms with van der Waals surface area (Å²) in [5.41, 5.74) is -0.499. The SMILES string of the molecule is COC(OC)C1CC1B1OC(C)(C)C(C)(C)O1. The Morgan fingerprint density at radius 1 is 1.06 bits per heavy atom. The van der Waals surface area contributed by atoms with Gasteiger partial charge < -0.3 is 18.8 Å². The van der Waals surface area contributed by atoms with E-state index in [1.165, 1.54) is 0 Å². The fourth-order valence-electron chi connectivity index (χ4n) is 2.37. The molecule has 0 spiro atoms. The number of ether oxygens (including phenoxy) is 2. The van der Waals surface area contributed by atoms with Crippen molar-refractivity contribution in [3.63, 3.8) is 0 Å². The highest BCUT2D eigenvalue weighted by atomic mass is 16.7. The molecule has 0 aromatic rings. The van der Waals surface area contributed by atoms with Gasteiger partial charge in [0, 0.05) is 26.0 Å². The minimum absolute atomic E-state index is 0.127. The van der Waals surface area contributed by atoms with E-state index in [9.17, 15) is 0 Å². The topological polar surface area (TPSA) is 36.9 Å². The second-order valence-corrected chi connectivity index (χ2v) is 6.03. The summed E-state index contributed by atoms with van der Waals surface area (Å²) in [5.74, 6) is 0.778. The van der Waals surface area contributed by atoms with Crippen LogP contribution in [0.4, 0.5) is 0 Å². The normalized spacial score (nSPS) is 34.4. The highest BCUT2D eigenvalue weighted by Crippen LogP contribution is 2.55. The lowest BCUT2D eigenvalue weighted by Crippen LogP contribution is -2.41. The Labute approximate surface area is 104 Å². The summed E-state index contributed by atoms with van der Waals surface area (Å²) in [6.45, 7) is 8.31. The van der Waals surface area contributed by atoms with E-state index >= 15 is 0 Å². The molecule has 2 rings (SSSR count). The van der Waals surface area contributed by atoms with Crippen LogP contribution in [0.3, 0.4) is 0 Å². The lowest BCUT2D eigenvalue weighted by Gasteiger charge is -2.32. The third-order valence-corrected chi connectivity index (χ3v) is 4.33. The number of rotatable bonds is 4. The summed E-state index contributed by atoms with van der Waals surface area (Å²) in [6, 6.07) is 0. The van der Waals surface area contributed by atoms with Gasteiger partial charge in [-0.25, -0.2) is 0 Å². The average molecular weight is 242 g/mol. The van der Waals surface area contributed by atoms with Crippen molar-refractivity contribution in [3.05, 3.63) is 0 Å². The van der Waals surface area contributed by atoms with E-state index in [0.29, 0.717) is 11.7 Å². The molecule has 2 atom stereocenters. The molecule has 1 saturated heterocycles. The monoisotopic (exact) mass is 242 g/mol. The molecule has 0 aromatic heterocycles. The molecule has 1 saturated carbocycles. The van der Waals surface area contributed by atoms with Gasteiger partial charge in [-0.3, -0.25) is 0 Å². The molecule has 2 aliphatic rings. The Morgan fingerprint density at radius 3 is 1.94 bits per heavy atom. The van der Waals surface area contributed by atoms with Crippen LogP contribution >= 0.6 is 0 Å². The molecule has 0 N–H and O–H groups in total. The molecule has 2 unspecified atom stereocenters. The molecule has 0 radical (unpaired) electrons. The molecule has 0 bridgehead atoms. The molecular formula is C12H23BO4. The van der Waals surface area contributed by atoms with Crippen LogP contribution in [-0.4, -0.2) is 38.8 Å². The zero-order valence-electron chi connectivity index (χ0n) is 11.6. The second kappa shape index (κ2) is 4.23. The zero-order chi connectivity index (χ0) is 12.8. The van der Waals surface area contributed by atoms with Gasteiger partial charge in [-0.15, -0.1) is 0 Å². The second-order valence-electron chi connectivity index (χ2n) is 6.03. The van der Waals surface area contributed by atoms with Gasteiger partial charge in [0.1, 0.15) is 0 Å². The van der Waals surface area contributed by atoms with Crippen molar-refractivity contribution in [2.75, 3.05) is 14.2 Å². The van der Waals surface area contributed by atoms with Gasteiger partial charge >= 0.3 is 7.12 Å². The van der Waals surface area contributed by atoms with Crippen LogP contribution in [0.2, 0.25) is 5.82 Å². The lowest BCUT2D eigenvalue weighted by atomic mass is 9.80. The highest BCUT2D eigenvalue weighted by Gasteiger charge is 2.61. The van der Waals surface area contributed by atoms with Gasteiger partial charge in [0.2, 0.25) is 0 Å². The molecule has 0 amide bonds. The average Bonchev–Trinajstić information content (AvgIpc) is 2.93. The van der Waals surface area contributed by atoms with Crippen molar-refractivity contribution in [2.24, 2.45) is 5.92 Å². The first-order valence-electron chi connectivity index (χ1n) is 6.23. The molecule has 2 fully saturated rings. The van der Waals surface area contributed by atoms with Crippen molar-refractivity contribution in [1.29, 1.82) is 0 Å². The molecule has 1 aliphatic heterocycles. The molecule has 5 heteroatoms. The fraction of sp³-hybridized carbons (Fsp3) is 1.00. The minimum Gasteiger partial charge on any atom is -0.403 e. The predicted octanol–water partition coefficient (Wildman–Crippen LogP) is 2.09. The maximum atomic E-state index is 6.02. The number of methoxy groups -OCH3 is 2. The van der Waals surface area contributed by atoms with Crippen molar-refractivity contribution in [2.45, 2.75) is 57.4 Å². The Morgan fingerprint density at radius 2 is 1.53 bits per heavy atom. The Hall–Kier alpha value is -0.0951. The molecular weight excluding hydrogens is 219 g/mol. The van der Waals surface area contributed by atoms with Crippen molar-refractivity contribution < 1.29 is 18.8 Å². The van der Waals surface area contributed by atoms with E-state index < -0.39 is 0 Å². The molecule has 4 nitrogen and oxygen atoms in total. The largest absolute Gasteiger partial charge is 0.461 e. The summed E-state index contributed by atoms with van der Waals surface area (Å²) in [5, 5.41) is 0. The third-order valence-electron chi connectivity index (χ3n) is 4.33. The highest BCUT2D eigenvalue weighted by molar-refractivity contribution is 6.48. The van der Waals surface area contributed by atoms with Crippen LogP contribution in [0.15, 0.2) is 0 Å². The smallest absolute Gasteiger partial charge is 0.403 e. The standard InChI is InChI=1S/C12H23BO4/c1-11(2)12(3,4)17-13(16-11)9-7-8(9)10(14-5)15-6/h8-10H,7H2,1-6H3. The fourth-order valence-corrected chi connectivity index (χ4v) is 2.37. The van der Waals surface area contributed by atoms with E-state index in [-0.39, 0.29) is 24.6 Å². The van der Waals surface area contributed by atoms with Gasteiger partial charge in [-0.2, -0.15) is 0 Å². The molecule has 1 heterocycles. The van der Waals surface area contributed by atoms with E-state index in [0.717, 1.165) is 6.42 Å². The predicted molar refractivity (Wildman–Crippen MR) is 65.7 cm³/mol. The van der Waals surface area contributed by atoms with E-state index in [1.54, 1.807) is 14.2 Å². The van der Waals surface area contributed by atoms with Crippen LogP contribution in [0, 0.1) is 5.92 Å². The summed E-state index contributed by atoms with van der Waals surface area (Å²) >= 11 is 0. The van der Waals surface area contributed by atoms with Gasteiger partial charge in [0.25, 0.3) is 0 Å². The molecule has 1 aliphatic carbocycles. The van der Waals surface area contributed by atoms with Crippen LogP contribution in [-0.2, 0) is 18.8 Å². The summed E-state index contributed by atoms with van der Waals surface area (Å²) in [6.07, 6.45) is 0.905. The van der Waals surface area contributed by atoms with Gasteiger partial charge in [0.05, 0.1) is 11.2 Å². The van der Waals surface area contributed by atoms with Crippen molar-refractivity contribution in [3.8, 4) is 0 Å². The Balaban J connectivity index is 1.96. The third kappa shape index (κ3) is 2.26. The maximum Gasteiger partial charge on any atom is 0.461 e. The summed E-state index contributed by atoms with van der Waals surface area (Å²) in [4.78, 5) is 0. The van der Waals surface area contributed by atoms with Gasteiger partial charge in [-0.1, -0.05) is 0 Å². The van der Waals surface area contributed by atoms with Crippen LogP contribution < -0.4 is 0 Å². The van der Waals surface area contributed by atoms with E-state index in [1.807, 2.05) is 0 Å². The van der Waals surface area contributed by atoms with E-state index in [4.69, 9.17) is 18.8 Å². The molecule has 0 aromatic carbocycles. The van der Waals surface area contributed by atoms with Crippen LogP contribution in [0.5, 0.6) is 0 Å². The van der Waals surface area contributed by atoms with E-state index in [2.05, 4.69) is 27.7 Å². The van der Waals surface area contributed by atoms with Crippen LogP contribution in [0.25, 0.3) is 0 Å². The summed E-state index contributed by atoms with van der Waals surface area (Å²) < 4.78 is 22.6. The Bertz CT molecular complexity index is 272. The van der Waals surface area contributed by atoms with Gasteiger partial charge in [-0.05, 0) is 34.1 Å². The number of hydrogen-bond donors (Lipinski definition) is 0. The molecule has 98 valence electrons. The van der Waals surface area contributed by atoms with Crippen LogP contribution in [0.1, 0.15) is 34.1 Å². The number of hydrogen-bond acceptors (Lipinski definition) is 4. The van der Waals surface area contributed by atoms with Gasteiger partial charge in [0.15, 0.2) is 6.29 Å². The van der Waals surface area contributed by atoms with Crippen molar-refractivity contribution >= 4 is 7.12 Å².